The number of aryl methyl sites for hydroxylation is 1. The van der Waals surface area contributed by atoms with Crippen molar-refractivity contribution >= 4 is 57.5 Å². The molecule has 112 valence electrons. The molecule has 2 aromatic heterocycles. The first kappa shape index (κ1) is 15.1. The van der Waals surface area contributed by atoms with Crippen molar-refractivity contribution in [3.8, 4) is 0 Å². The average molecular weight is 357 g/mol. The molecule has 1 aromatic carbocycles. The number of carbonyl (C=O) groups excluding carboxylic acids is 1. The maximum absolute atomic E-state index is 12.2. The summed E-state index contributed by atoms with van der Waals surface area (Å²) in [5.74, 6) is 0.0517. The number of oxazole rings is 1. The summed E-state index contributed by atoms with van der Waals surface area (Å²) >= 11 is 17.7. The smallest absolute Gasteiger partial charge is 0.275 e. The van der Waals surface area contributed by atoms with Crippen LogP contribution in [0.5, 0.6) is 0 Å². The number of carbonyl (C=O) groups is 1. The molecule has 0 saturated heterocycles. The van der Waals surface area contributed by atoms with Crippen LogP contribution in [0.4, 0.5) is 5.69 Å². The number of anilines is 1. The summed E-state index contributed by atoms with van der Waals surface area (Å²) in [6.07, 6.45) is 1.27. The molecule has 0 atom stereocenters. The minimum atomic E-state index is -0.497. The number of amides is 1. The summed E-state index contributed by atoms with van der Waals surface area (Å²) in [5, 5.41) is 2.95. The Morgan fingerprint density at radius 1 is 1.23 bits per heavy atom. The molecule has 0 bridgehead atoms. The molecule has 0 saturated carbocycles. The summed E-state index contributed by atoms with van der Waals surface area (Å²) in [4.78, 5) is 20.3. The molecular weight excluding hydrogens is 349 g/mol. The quantitative estimate of drug-likeness (QED) is 0.720. The first-order valence-electron chi connectivity index (χ1n) is 6.14. The number of rotatable bonds is 2. The molecule has 1 N–H and O–H groups in total. The Balaban J connectivity index is 1.91. The Kier molecular flexibility index (Phi) is 3.95. The Labute approximate surface area is 140 Å². The van der Waals surface area contributed by atoms with E-state index >= 15 is 0 Å². The molecule has 0 aliphatic heterocycles. The van der Waals surface area contributed by atoms with Gasteiger partial charge in [-0.05, 0) is 18.2 Å². The van der Waals surface area contributed by atoms with Crippen LogP contribution in [0.1, 0.15) is 16.4 Å². The fourth-order valence-corrected chi connectivity index (χ4v) is 2.48. The predicted octanol–water partition coefficient (Wildman–Crippen LogP) is 4.74. The lowest BCUT2D eigenvalue weighted by atomic mass is 10.2. The molecule has 0 aliphatic rings. The van der Waals surface area contributed by atoms with E-state index in [0.29, 0.717) is 22.7 Å². The van der Waals surface area contributed by atoms with Crippen molar-refractivity contribution in [1.29, 1.82) is 0 Å². The van der Waals surface area contributed by atoms with Crippen molar-refractivity contribution in [3.05, 3.63) is 51.0 Å². The lowest BCUT2D eigenvalue weighted by Gasteiger charge is -2.07. The highest BCUT2D eigenvalue weighted by Gasteiger charge is 2.17. The third kappa shape index (κ3) is 2.75. The molecule has 22 heavy (non-hydrogen) atoms. The van der Waals surface area contributed by atoms with E-state index in [1.807, 2.05) is 0 Å². The van der Waals surface area contributed by atoms with Gasteiger partial charge in [-0.2, -0.15) is 0 Å². The van der Waals surface area contributed by atoms with E-state index in [1.165, 1.54) is 6.20 Å². The van der Waals surface area contributed by atoms with Gasteiger partial charge in [0, 0.05) is 18.8 Å². The van der Waals surface area contributed by atoms with E-state index in [4.69, 9.17) is 39.2 Å². The SMILES string of the molecule is Cc1nc2cc(NC(=O)c3ncc(Cl)c(Cl)c3Cl)ccc2o1. The van der Waals surface area contributed by atoms with Crippen LogP contribution in [0.15, 0.2) is 28.8 Å². The Bertz CT molecular complexity index is 892. The maximum atomic E-state index is 12.2. The van der Waals surface area contributed by atoms with Gasteiger partial charge in [0.1, 0.15) is 11.2 Å². The lowest BCUT2D eigenvalue weighted by molar-refractivity contribution is 0.102. The molecular formula is C14H8Cl3N3O2. The second-order valence-electron chi connectivity index (χ2n) is 4.45. The first-order valence-corrected chi connectivity index (χ1v) is 7.27. The molecule has 3 aromatic rings. The zero-order valence-corrected chi connectivity index (χ0v) is 13.4. The Hall–Kier alpha value is -1.82. The van der Waals surface area contributed by atoms with Crippen LogP contribution >= 0.6 is 34.8 Å². The van der Waals surface area contributed by atoms with Crippen LogP contribution in [0, 0.1) is 6.92 Å². The van der Waals surface area contributed by atoms with Crippen LogP contribution in [0.25, 0.3) is 11.1 Å². The largest absolute Gasteiger partial charge is 0.441 e. The predicted molar refractivity (Wildman–Crippen MR) is 86.0 cm³/mol. The summed E-state index contributed by atoms with van der Waals surface area (Å²) in [6, 6.07) is 5.10. The number of halogens is 3. The first-order chi connectivity index (χ1) is 10.5. The van der Waals surface area contributed by atoms with Crippen LogP contribution < -0.4 is 5.32 Å². The second kappa shape index (κ2) is 5.76. The van der Waals surface area contributed by atoms with E-state index in [2.05, 4.69) is 15.3 Å². The average Bonchev–Trinajstić information content (AvgIpc) is 2.84. The van der Waals surface area contributed by atoms with E-state index in [9.17, 15) is 4.79 Å². The molecule has 8 heteroatoms. The van der Waals surface area contributed by atoms with Gasteiger partial charge < -0.3 is 9.73 Å². The van der Waals surface area contributed by atoms with E-state index in [0.717, 1.165) is 0 Å². The third-order valence-corrected chi connectivity index (χ3v) is 4.13. The van der Waals surface area contributed by atoms with E-state index in [1.54, 1.807) is 25.1 Å². The number of aromatic nitrogens is 2. The monoisotopic (exact) mass is 355 g/mol. The van der Waals surface area contributed by atoms with Gasteiger partial charge in [-0.25, -0.2) is 9.97 Å². The van der Waals surface area contributed by atoms with Gasteiger partial charge in [0.05, 0.1) is 15.1 Å². The molecule has 0 fully saturated rings. The maximum Gasteiger partial charge on any atom is 0.275 e. The highest BCUT2D eigenvalue weighted by molar-refractivity contribution is 6.49. The van der Waals surface area contributed by atoms with Gasteiger partial charge in [0.25, 0.3) is 5.91 Å². The van der Waals surface area contributed by atoms with E-state index in [-0.39, 0.29) is 20.8 Å². The lowest BCUT2D eigenvalue weighted by Crippen LogP contribution is -2.14. The standard InChI is InChI=1S/C14H8Cl3N3O2/c1-6-19-9-4-7(2-3-10(9)22-6)20-14(21)13-12(17)11(16)8(15)5-18-13/h2-5H,1H3,(H,20,21). The number of hydrogen-bond donors (Lipinski definition) is 1. The summed E-state index contributed by atoms with van der Waals surface area (Å²) < 4.78 is 5.37. The molecule has 5 nitrogen and oxygen atoms in total. The van der Waals surface area contributed by atoms with Gasteiger partial charge in [-0.15, -0.1) is 0 Å². The molecule has 1 amide bonds. The highest BCUT2D eigenvalue weighted by atomic mass is 35.5. The number of nitrogens with zero attached hydrogens (tertiary/aromatic N) is 2. The van der Waals surface area contributed by atoms with Gasteiger partial charge in [0.15, 0.2) is 11.5 Å². The summed E-state index contributed by atoms with van der Waals surface area (Å²) in [7, 11) is 0. The van der Waals surface area contributed by atoms with Crippen LogP contribution in [0.2, 0.25) is 15.1 Å². The number of benzene rings is 1. The van der Waals surface area contributed by atoms with Crippen molar-refractivity contribution in [2.45, 2.75) is 6.92 Å². The highest BCUT2D eigenvalue weighted by Crippen LogP contribution is 2.31. The van der Waals surface area contributed by atoms with Crippen LogP contribution in [-0.4, -0.2) is 15.9 Å². The second-order valence-corrected chi connectivity index (χ2v) is 5.62. The van der Waals surface area contributed by atoms with Crippen molar-refractivity contribution in [1.82, 2.24) is 9.97 Å². The number of hydrogen-bond acceptors (Lipinski definition) is 4. The Morgan fingerprint density at radius 2 is 2.00 bits per heavy atom. The topological polar surface area (TPSA) is 68.0 Å². The van der Waals surface area contributed by atoms with E-state index < -0.39 is 5.91 Å². The minimum Gasteiger partial charge on any atom is -0.441 e. The van der Waals surface area contributed by atoms with Crippen molar-refractivity contribution in [2.75, 3.05) is 5.32 Å². The minimum absolute atomic E-state index is 0.00465. The number of nitrogens with one attached hydrogen (secondary N) is 1. The molecule has 0 unspecified atom stereocenters. The van der Waals surface area contributed by atoms with Crippen molar-refractivity contribution in [3.63, 3.8) is 0 Å². The summed E-state index contributed by atoms with van der Waals surface area (Å²) in [6.45, 7) is 1.75. The van der Waals surface area contributed by atoms with Gasteiger partial charge in [0.2, 0.25) is 0 Å². The van der Waals surface area contributed by atoms with Crippen LogP contribution in [-0.2, 0) is 0 Å². The van der Waals surface area contributed by atoms with Gasteiger partial charge in [-0.1, -0.05) is 34.8 Å². The van der Waals surface area contributed by atoms with Gasteiger partial charge in [-0.3, -0.25) is 4.79 Å². The van der Waals surface area contributed by atoms with Gasteiger partial charge >= 0.3 is 0 Å². The summed E-state index contributed by atoms with van der Waals surface area (Å²) in [5.41, 5.74) is 1.81. The molecule has 0 radical (unpaired) electrons. The molecule has 0 spiro atoms. The fourth-order valence-electron chi connectivity index (χ4n) is 1.91. The zero-order valence-electron chi connectivity index (χ0n) is 11.2. The number of pyridine rings is 1. The molecule has 3 rings (SSSR count). The molecule has 2 heterocycles. The third-order valence-electron chi connectivity index (χ3n) is 2.88. The normalized spacial score (nSPS) is 10.9. The fraction of sp³-hybridized carbons (Fsp3) is 0.0714. The Morgan fingerprint density at radius 3 is 2.77 bits per heavy atom. The van der Waals surface area contributed by atoms with Crippen molar-refractivity contribution < 1.29 is 9.21 Å². The van der Waals surface area contributed by atoms with Crippen molar-refractivity contribution in [2.24, 2.45) is 0 Å². The zero-order chi connectivity index (χ0) is 15.9. The van der Waals surface area contributed by atoms with Crippen LogP contribution in [0.3, 0.4) is 0 Å². The molecule has 0 aliphatic carbocycles. The number of fused-ring (bicyclic) bond motifs is 1.